The Bertz CT molecular complexity index is 729. The number of amides is 1. The summed E-state index contributed by atoms with van der Waals surface area (Å²) < 4.78 is 7.14. The minimum atomic E-state index is -0.0808. The van der Waals surface area contributed by atoms with E-state index in [4.69, 9.17) is 4.74 Å². The summed E-state index contributed by atoms with van der Waals surface area (Å²) in [4.78, 5) is 31.4. The van der Waals surface area contributed by atoms with Crippen LogP contribution in [0.1, 0.15) is 20.3 Å². The van der Waals surface area contributed by atoms with Crippen molar-refractivity contribution in [2.24, 2.45) is 0 Å². The molecule has 22 heavy (non-hydrogen) atoms. The molecule has 0 N–H and O–H groups in total. The van der Waals surface area contributed by atoms with Crippen LogP contribution >= 0.6 is 11.3 Å². The average molecular weight is 321 g/mol. The zero-order valence-corrected chi connectivity index (χ0v) is 13.5. The summed E-state index contributed by atoms with van der Waals surface area (Å²) in [5.74, 6) is 0.0549. The van der Waals surface area contributed by atoms with Crippen LogP contribution in [0.5, 0.6) is 0 Å². The topological polar surface area (TPSA) is 64.4 Å². The van der Waals surface area contributed by atoms with Gasteiger partial charge in [0.2, 0.25) is 5.91 Å². The Labute approximate surface area is 132 Å². The van der Waals surface area contributed by atoms with Gasteiger partial charge in [-0.05, 0) is 25.3 Å². The number of hydrogen-bond acceptors (Lipinski definition) is 5. The van der Waals surface area contributed by atoms with E-state index in [1.54, 1.807) is 6.07 Å². The van der Waals surface area contributed by atoms with Crippen LogP contribution in [-0.2, 0) is 16.1 Å². The maximum Gasteiger partial charge on any atom is 0.262 e. The Kier molecular flexibility index (Phi) is 4.26. The van der Waals surface area contributed by atoms with E-state index in [1.165, 1.54) is 22.2 Å². The van der Waals surface area contributed by atoms with Gasteiger partial charge in [-0.3, -0.25) is 14.2 Å². The monoisotopic (exact) mass is 321 g/mol. The van der Waals surface area contributed by atoms with Crippen LogP contribution in [0.2, 0.25) is 0 Å². The molecule has 2 atom stereocenters. The number of fused-ring (bicyclic) bond motifs is 1. The van der Waals surface area contributed by atoms with Gasteiger partial charge >= 0.3 is 0 Å². The zero-order valence-electron chi connectivity index (χ0n) is 12.7. The molecule has 0 aromatic carbocycles. The van der Waals surface area contributed by atoms with Crippen LogP contribution in [0.25, 0.3) is 10.2 Å². The van der Waals surface area contributed by atoms with Crippen LogP contribution in [0.15, 0.2) is 22.6 Å². The first-order chi connectivity index (χ1) is 10.5. The summed E-state index contributed by atoms with van der Waals surface area (Å²) in [6, 6.07) is 1.78. The van der Waals surface area contributed by atoms with Crippen molar-refractivity contribution < 1.29 is 9.53 Å². The van der Waals surface area contributed by atoms with Crippen molar-refractivity contribution in [1.82, 2.24) is 14.5 Å². The molecule has 3 heterocycles. The van der Waals surface area contributed by atoms with Gasteiger partial charge in [0, 0.05) is 26.1 Å². The lowest BCUT2D eigenvalue weighted by Crippen LogP contribution is -2.48. The van der Waals surface area contributed by atoms with Gasteiger partial charge in [0.15, 0.2) is 0 Å². The Morgan fingerprint density at radius 3 is 2.86 bits per heavy atom. The molecule has 3 rings (SSSR count). The molecule has 0 bridgehead atoms. The fourth-order valence-electron chi connectivity index (χ4n) is 2.81. The van der Waals surface area contributed by atoms with E-state index in [2.05, 4.69) is 4.98 Å². The van der Waals surface area contributed by atoms with Crippen molar-refractivity contribution in [2.75, 3.05) is 13.1 Å². The maximum atomic E-state index is 12.3. The number of hydrogen-bond donors (Lipinski definition) is 0. The van der Waals surface area contributed by atoms with Crippen molar-refractivity contribution in [3.63, 3.8) is 0 Å². The molecule has 0 aliphatic carbocycles. The number of ether oxygens (including phenoxy) is 1. The second-order valence-corrected chi connectivity index (χ2v) is 6.58. The summed E-state index contributed by atoms with van der Waals surface area (Å²) in [7, 11) is 0. The van der Waals surface area contributed by atoms with E-state index in [0.29, 0.717) is 31.4 Å². The van der Waals surface area contributed by atoms with Gasteiger partial charge in [0.05, 0.1) is 23.9 Å². The number of thiophene rings is 1. The first kappa shape index (κ1) is 15.2. The first-order valence-electron chi connectivity index (χ1n) is 7.40. The molecule has 0 radical (unpaired) electrons. The van der Waals surface area contributed by atoms with Crippen molar-refractivity contribution in [2.45, 2.75) is 39.0 Å². The molecule has 2 aromatic heterocycles. The molecule has 1 aliphatic rings. The Hall–Kier alpha value is -1.73. The standard InChI is InChI=1S/C15H19N3O3S/c1-10-7-18(8-11(2)21-10)13(19)3-5-17-9-16-14-12(15(17)20)4-6-22-14/h4,6,9-11H,3,5,7-8H2,1-2H3/t10-,11-/m0/s1. The van der Waals surface area contributed by atoms with Crippen LogP contribution in [0.3, 0.4) is 0 Å². The van der Waals surface area contributed by atoms with Crippen molar-refractivity contribution in [3.05, 3.63) is 28.1 Å². The molecule has 0 spiro atoms. The molecule has 2 aromatic rings. The number of rotatable bonds is 3. The molecule has 1 fully saturated rings. The summed E-state index contributed by atoms with van der Waals surface area (Å²) in [6.45, 7) is 5.51. The van der Waals surface area contributed by atoms with Gasteiger partial charge in [-0.25, -0.2) is 4.98 Å². The number of carbonyl (C=O) groups is 1. The molecule has 7 heteroatoms. The summed E-state index contributed by atoms with van der Waals surface area (Å²) >= 11 is 1.44. The lowest BCUT2D eigenvalue weighted by atomic mass is 10.2. The van der Waals surface area contributed by atoms with E-state index in [0.717, 1.165) is 4.83 Å². The van der Waals surface area contributed by atoms with Crippen LogP contribution in [0, 0.1) is 0 Å². The molecule has 0 saturated carbocycles. The SMILES string of the molecule is C[C@H]1CN(C(=O)CCn2cnc3sccc3c2=O)C[C@H](C)O1. The lowest BCUT2D eigenvalue weighted by Gasteiger charge is -2.35. The van der Waals surface area contributed by atoms with Crippen molar-refractivity contribution in [1.29, 1.82) is 0 Å². The number of aromatic nitrogens is 2. The fraction of sp³-hybridized carbons (Fsp3) is 0.533. The molecule has 0 unspecified atom stereocenters. The Morgan fingerprint density at radius 1 is 1.41 bits per heavy atom. The third-order valence-electron chi connectivity index (χ3n) is 3.79. The molecule has 1 saturated heterocycles. The normalized spacial score (nSPS) is 22.2. The van der Waals surface area contributed by atoms with Gasteiger partial charge in [-0.1, -0.05) is 0 Å². The second-order valence-electron chi connectivity index (χ2n) is 5.69. The number of carbonyl (C=O) groups excluding carboxylic acids is 1. The third kappa shape index (κ3) is 3.05. The largest absolute Gasteiger partial charge is 0.372 e. The minimum absolute atomic E-state index is 0.0549. The molecular formula is C15H19N3O3S. The third-order valence-corrected chi connectivity index (χ3v) is 4.61. The Morgan fingerprint density at radius 2 is 2.14 bits per heavy atom. The highest BCUT2D eigenvalue weighted by atomic mass is 32.1. The number of morpholine rings is 1. The number of nitrogens with zero attached hydrogens (tertiary/aromatic N) is 3. The van der Waals surface area contributed by atoms with E-state index in [-0.39, 0.29) is 23.7 Å². The van der Waals surface area contributed by atoms with Crippen LogP contribution in [0.4, 0.5) is 0 Å². The van der Waals surface area contributed by atoms with Crippen LogP contribution < -0.4 is 5.56 Å². The molecule has 6 nitrogen and oxygen atoms in total. The van der Waals surface area contributed by atoms with E-state index >= 15 is 0 Å². The van der Waals surface area contributed by atoms with Crippen LogP contribution in [-0.4, -0.2) is 45.7 Å². The smallest absolute Gasteiger partial charge is 0.262 e. The van der Waals surface area contributed by atoms with E-state index < -0.39 is 0 Å². The lowest BCUT2D eigenvalue weighted by molar-refractivity contribution is -0.143. The molecule has 1 aliphatic heterocycles. The summed E-state index contributed by atoms with van der Waals surface area (Å²) in [6.07, 6.45) is 1.94. The van der Waals surface area contributed by atoms with Gasteiger partial charge < -0.3 is 9.64 Å². The van der Waals surface area contributed by atoms with E-state index in [1.807, 2.05) is 24.1 Å². The highest BCUT2D eigenvalue weighted by Gasteiger charge is 2.25. The highest BCUT2D eigenvalue weighted by Crippen LogP contribution is 2.14. The van der Waals surface area contributed by atoms with Gasteiger partial charge in [0.1, 0.15) is 4.83 Å². The van der Waals surface area contributed by atoms with Crippen molar-refractivity contribution in [3.8, 4) is 0 Å². The van der Waals surface area contributed by atoms with Gasteiger partial charge in [-0.2, -0.15) is 0 Å². The second kappa shape index (κ2) is 6.18. The van der Waals surface area contributed by atoms with Crippen molar-refractivity contribution >= 4 is 27.5 Å². The zero-order chi connectivity index (χ0) is 15.7. The Balaban J connectivity index is 1.67. The fourth-order valence-corrected chi connectivity index (χ4v) is 3.53. The maximum absolute atomic E-state index is 12.3. The van der Waals surface area contributed by atoms with Gasteiger partial charge in [-0.15, -0.1) is 11.3 Å². The van der Waals surface area contributed by atoms with Gasteiger partial charge in [0.25, 0.3) is 5.56 Å². The molecule has 1 amide bonds. The minimum Gasteiger partial charge on any atom is -0.372 e. The quantitative estimate of drug-likeness (QED) is 0.859. The first-order valence-corrected chi connectivity index (χ1v) is 8.28. The average Bonchev–Trinajstić information content (AvgIpc) is 2.94. The predicted octanol–water partition coefficient (Wildman–Crippen LogP) is 1.48. The summed E-state index contributed by atoms with van der Waals surface area (Å²) in [5.41, 5.74) is -0.0808. The predicted molar refractivity (Wildman–Crippen MR) is 85.1 cm³/mol. The molecule has 118 valence electrons. The highest BCUT2D eigenvalue weighted by molar-refractivity contribution is 7.16. The number of aryl methyl sites for hydroxylation is 1. The van der Waals surface area contributed by atoms with E-state index in [9.17, 15) is 9.59 Å². The summed E-state index contributed by atoms with van der Waals surface area (Å²) in [5, 5.41) is 2.47. The molecular weight excluding hydrogens is 302 g/mol.